The van der Waals surface area contributed by atoms with Crippen molar-refractivity contribution in [1.82, 2.24) is 4.90 Å². The molecule has 0 aliphatic carbocycles. The quantitative estimate of drug-likeness (QED) is 0.503. The maximum atomic E-state index is 13.5. The average molecular weight is 463 g/mol. The Kier molecular flexibility index (Phi) is 7.19. The van der Waals surface area contributed by atoms with Crippen LogP contribution in [0.15, 0.2) is 72.8 Å². The summed E-state index contributed by atoms with van der Waals surface area (Å²) < 4.78 is 10.7. The van der Waals surface area contributed by atoms with Crippen LogP contribution < -0.4 is 14.8 Å². The summed E-state index contributed by atoms with van der Waals surface area (Å²) in [4.78, 5) is 28.3. The fourth-order valence-electron chi connectivity index (χ4n) is 3.83. The molecule has 170 valence electrons. The van der Waals surface area contributed by atoms with Gasteiger partial charge in [-0.05, 0) is 29.3 Å². The van der Waals surface area contributed by atoms with Crippen LogP contribution in [0.3, 0.4) is 0 Å². The van der Waals surface area contributed by atoms with Gasteiger partial charge < -0.3 is 19.7 Å². The minimum Gasteiger partial charge on any atom is -0.497 e. The second-order valence-electron chi connectivity index (χ2n) is 7.66. The van der Waals surface area contributed by atoms with E-state index in [2.05, 4.69) is 17.4 Å². The summed E-state index contributed by atoms with van der Waals surface area (Å²) in [5.41, 5.74) is 3.27. The smallest absolute Gasteiger partial charge is 0.255 e. The molecule has 0 aromatic heterocycles. The number of hydrogen-bond acceptors (Lipinski definition) is 5. The minimum atomic E-state index is -0.644. The molecule has 0 radical (unpaired) electrons. The Morgan fingerprint density at radius 1 is 1.03 bits per heavy atom. The number of rotatable bonds is 9. The number of ether oxygens (including phenoxy) is 2. The van der Waals surface area contributed by atoms with Crippen LogP contribution in [0.1, 0.15) is 21.5 Å². The Hall–Kier alpha value is -3.45. The molecule has 1 heterocycles. The SMILES string of the molecule is COc1ccc(OC)c(NC(=O)[C@H](CSCc2ccccc2)N2Cc3ccccc3C2=O)c1. The second kappa shape index (κ2) is 10.4. The van der Waals surface area contributed by atoms with Crippen molar-refractivity contribution in [1.29, 1.82) is 0 Å². The fraction of sp³-hybridized carbons (Fsp3) is 0.231. The highest BCUT2D eigenvalue weighted by Crippen LogP contribution is 2.31. The van der Waals surface area contributed by atoms with Gasteiger partial charge in [0, 0.05) is 29.7 Å². The minimum absolute atomic E-state index is 0.122. The molecule has 2 amide bonds. The van der Waals surface area contributed by atoms with E-state index in [1.165, 1.54) is 5.56 Å². The van der Waals surface area contributed by atoms with Crippen LogP contribution >= 0.6 is 11.8 Å². The van der Waals surface area contributed by atoms with E-state index in [0.29, 0.717) is 35.0 Å². The van der Waals surface area contributed by atoms with Gasteiger partial charge in [-0.1, -0.05) is 48.5 Å². The van der Waals surface area contributed by atoms with Gasteiger partial charge in [0.05, 0.1) is 19.9 Å². The lowest BCUT2D eigenvalue weighted by atomic mass is 10.1. The summed E-state index contributed by atoms with van der Waals surface area (Å²) in [6.45, 7) is 0.411. The highest BCUT2D eigenvalue weighted by molar-refractivity contribution is 7.98. The zero-order chi connectivity index (χ0) is 23.2. The number of carbonyl (C=O) groups excluding carboxylic acids is 2. The largest absolute Gasteiger partial charge is 0.497 e. The van der Waals surface area contributed by atoms with Crippen molar-refractivity contribution in [2.24, 2.45) is 0 Å². The van der Waals surface area contributed by atoms with Crippen LogP contribution in [-0.4, -0.2) is 42.7 Å². The summed E-state index contributed by atoms with van der Waals surface area (Å²) in [5.74, 6) is 1.96. The van der Waals surface area contributed by atoms with E-state index in [-0.39, 0.29) is 11.8 Å². The standard InChI is InChI=1S/C26H26N2O4S/c1-31-20-12-13-24(32-2)22(14-20)27-25(29)23(17-33-16-18-8-4-3-5-9-18)28-15-19-10-6-7-11-21(19)26(28)30/h3-14,23H,15-17H2,1-2H3,(H,27,29)/t23-/m0/s1. The highest BCUT2D eigenvalue weighted by atomic mass is 32.2. The van der Waals surface area contributed by atoms with E-state index in [4.69, 9.17) is 9.47 Å². The van der Waals surface area contributed by atoms with Crippen molar-refractivity contribution in [2.75, 3.05) is 25.3 Å². The lowest BCUT2D eigenvalue weighted by Crippen LogP contribution is -2.46. The van der Waals surface area contributed by atoms with Gasteiger partial charge in [0.25, 0.3) is 5.91 Å². The van der Waals surface area contributed by atoms with Crippen molar-refractivity contribution < 1.29 is 19.1 Å². The molecule has 0 saturated heterocycles. The number of nitrogens with zero attached hydrogens (tertiary/aromatic N) is 1. The van der Waals surface area contributed by atoms with Gasteiger partial charge in [-0.3, -0.25) is 9.59 Å². The van der Waals surface area contributed by atoms with E-state index in [0.717, 1.165) is 11.3 Å². The Morgan fingerprint density at radius 2 is 1.79 bits per heavy atom. The summed E-state index contributed by atoms with van der Waals surface area (Å²) in [6.07, 6.45) is 0. The van der Waals surface area contributed by atoms with Gasteiger partial charge in [-0.25, -0.2) is 0 Å². The number of hydrogen-bond donors (Lipinski definition) is 1. The Labute approximate surface area is 197 Å². The van der Waals surface area contributed by atoms with Gasteiger partial charge >= 0.3 is 0 Å². The third-order valence-electron chi connectivity index (χ3n) is 5.58. The highest BCUT2D eigenvalue weighted by Gasteiger charge is 2.36. The van der Waals surface area contributed by atoms with Crippen LogP contribution in [0.25, 0.3) is 0 Å². The third-order valence-corrected chi connectivity index (χ3v) is 6.67. The van der Waals surface area contributed by atoms with E-state index in [1.54, 1.807) is 49.1 Å². The summed E-state index contributed by atoms with van der Waals surface area (Å²) in [7, 11) is 3.11. The molecule has 4 rings (SSSR count). The van der Waals surface area contributed by atoms with Crippen molar-refractivity contribution >= 4 is 29.3 Å². The molecule has 1 aliphatic rings. The molecule has 7 heteroatoms. The number of carbonyl (C=O) groups is 2. The monoisotopic (exact) mass is 462 g/mol. The van der Waals surface area contributed by atoms with Gasteiger partial charge in [0.1, 0.15) is 17.5 Å². The fourth-order valence-corrected chi connectivity index (χ4v) is 4.93. The first-order chi connectivity index (χ1) is 16.1. The van der Waals surface area contributed by atoms with Crippen molar-refractivity contribution in [3.05, 3.63) is 89.5 Å². The third kappa shape index (κ3) is 5.14. The zero-order valence-electron chi connectivity index (χ0n) is 18.6. The van der Waals surface area contributed by atoms with Gasteiger partial charge in [0.2, 0.25) is 5.91 Å². The van der Waals surface area contributed by atoms with Crippen LogP contribution in [0, 0.1) is 0 Å². The number of thioether (sulfide) groups is 1. The molecule has 33 heavy (non-hydrogen) atoms. The number of methoxy groups -OCH3 is 2. The van der Waals surface area contributed by atoms with Crippen molar-refractivity contribution in [3.63, 3.8) is 0 Å². The van der Waals surface area contributed by atoms with Crippen LogP contribution in [0.5, 0.6) is 11.5 Å². The molecule has 3 aromatic carbocycles. The molecular formula is C26H26N2O4S. The topological polar surface area (TPSA) is 67.9 Å². The molecule has 0 fully saturated rings. The normalized spacial score (nSPS) is 13.4. The first-order valence-corrected chi connectivity index (χ1v) is 11.8. The molecule has 3 aromatic rings. The van der Waals surface area contributed by atoms with E-state index in [1.807, 2.05) is 42.5 Å². The van der Waals surface area contributed by atoms with E-state index in [9.17, 15) is 9.59 Å². The maximum Gasteiger partial charge on any atom is 0.255 e. The first-order valence-electron chi connectivity index (χ1n) is 10.6. The number of amides is 2. The van der Waals surface area contributed by atoms with Crippen molar-refractivity contribution in [3.8, 4) is 11.5 Å². The molecule has 0 spiro atoms. The predicted molar refractivity (Wildman–Crippen MR) is 131 cm³/mol. The van der Waals surface area contributed by atoms with Gasteiger partial charge in [-0.15, -0.1) is 0 Å². The Balaban J connectivity index is 1.56. The summed E-state index contributed by atoms with van der Waals surface area (Å²) in [5, 5.41) is 2.96. The van der Waals surface area contributed by atoms with E-state index < -0.39 is 6.04 Å². The summed E-state index contributed by atoms with van der Waals surface area (Å²) in [6, 6.07) is 22.2. The second-order valence-corrected chi connectivity index (χ2v) is 8.69. The van der Waals surface area contributed by atoms with Crippen LogP contribution in [0.2, 0.25) is 0 Å². The molecule has 0 bridgehead atoms. The van der Waals surface area contributed by atoms with Gasteiger partial charge in [-0.2, -0.15) is 11.8 Å². The number of nitrogens with one attached hydrogen (secondary N) is 1. The molecule has 0 saturated carbocycles. The van der Waals surface area contributed by atoms with Crippen LogP contribution in [0.4, 0.5) is 5.69 Å². The average Bonchev–Trinajstić information content (AvgIpc) is 3.18. The number of anilines is 1. The summed E-state index contributed by atoms with van der Waals surface area (Å²) >= 11 is 1.63. The first kappa shape index (κ1) is 22.7. The van der Waals surface area contributed by atoms with Crippen LogP contribution in [-0.2, 0) is 17.1 Å². The zero-order valence-corrected chi connectivity index (χ0v) is 19.4. The number of fused-ring (bicyclic) bond motifs is 1. The Bertz CT molecular complexity index is 1140. The predicted octanol–water partition coefficient (Wildman–Crippen LogP) is 4.60. The molecular weight excluding hydrogens is 436 g/mol. The maximum absolute atomic E-state index is 13.5. The van der Waals surface area contributed by atoms with E-state index >= 15 is 0 Å². The lowest BCUT2D eigenvalue weighted by Gasteiger charge is -2.27. The van der Waals surface area contributed by atoms with Gasteiger partial charge in [0.15, 0.2) is 0 Å². The lowest BCUT2D eigenvalue weighted by molar-refractivity contribution is -0.119. The number of benzene rings is 3. The van der Waals surface area contributed by atoms with Crippen molar-refractivity contribution in [2.45, 2.75) is 18.3 Å². The molecule has 0 unspecified atom stereocenters. The molecule has 1 N–H and O–H groups in total. The molecule has 1 aliphatic heterocycles. The Morgan fingerprint density at radius 3 is 2.52 bits per heavy atom. The molecule has 6 nitrogen and oxygen atoms in total. The molecule has 1 atom stereocenters.